The predicted molar refractivity (Wildman–Crippen MR) is 63.5 cm³/mol. The van der Waals surface area contributed by atoms with Crippen molar-refractivity contribution >= 4 is 26.0 Å². The number of hydrogen-bond acceptors (Lipinski definition) is 3. The van der Waals surface area contributed by atoms with Crippen molar-refractivity contribution in [3.63, 3.8) is 0 Å². The van der Waals surface area contributed by atoms with E-state index in [2.05, 4.69) is 15.9 Å². The molecule has 0 aromatic heterocycles. The van der Waals surface area contributed by atoms with E-state index in [1.807, 2.05) is 6.92 Å². The van der Waals surface area contributed by atoms with E-state index >= 15 is 0 Å². The smallest absolute Gasteiger partial charge is 0.309 e. The van der Waals surface area contributed by atoms with Crippen molar-refractivity contribution in [1.29, 1.82) is 0 Å². The van der Waals surface area contributed by atoms with Gasteiger partial charge >= 0.3 is 10.1 Å². The number of hydrogen-bond donors (Lipinski definition) is 0. The lowest BCUT2D eigenvalue weighted by atomic mass is 10.3. The van der Waals surface area contributed by atoms with E-state index in [-0.39, 0.29) is 5.75 Å². The number of unbranched alkanes of at least 4 members (excludes halogenated alkanes) is 1. The Labute approximate surface area is 98.7 Å². The van der Waals surface area contributed by atoms with E-state index in [4.69, 9.17) is 4.18 Å². The van der Waals surface area contributed by atoms with Crippen LogP contribution in [0.5, 0.6) is 5.75 Å². The van der Waals surface area contributed by atoms with Crippen LogP contribution in [0.15, 0.2) is 28.7 Å². The molecule has 0 saturated carbocycles. The first kappa shape index (κ1) is 12.5. The molecular weight excluding hydrogens is 280 g/mol. The minimum absolute atomic E-state index is 0.0604. The molecule has 84 valence electrons. The fraction of sp³-hybridized carbons (Fsp3) is 0.400. The van der Waals surface area contributed by atoms with Crippen LogP contribution in [0.1, 0.15) is 19.8 Å². The molecule has 15 heavy (non-hydrogen) atoms. The first-order valence-electron chi connectivity index (χ1n) is 4.72. The SMILES string of the molecule is CCCCS(=O)(=O)Oc1ccccc1Br. The average Bonchev–Trinajstić information content (AvgIpc) is 2.18. The molecule has 0 fully saturated rings. The van der Waals surface area contributed by atoms with Crippen LogP contribution in [-0.4, -0.2) is 14.2 Å². The number of halogens is 1. The highest BCUT2D eigenvalue weighted by molar-refractivity contribution is 9.10. The Hall–Kier alpha value is -0.550. The highest BCUT2D eigenvalue weighted by Gasteiger charge is 2.13. The lowest BCUT2D eigenvalue weighted by molar-refractivity contribution is 0.482. The van der Waals surface area contributed by atoms with Crippen molar-refractivity contribution in [2.75, 3.05) is 5.75 Å². The Morgan fingerprint density at radius 2 is 2.00 bits per heavy atom. The topological polar surface area (TPSA) is 43.4 Å². The van der Waals surface area contributed by atoms with E-state index in [9.17, 15) is 8.42 Å². The molecule has 1 aromatic carbocycles. The monoisotopic (exact) mass is 292 g/mol. The standard InChI is InChI=1S/C10H13BrO3S/c1-2-3-8-15(12,13)14-10-7-5-4-6-9(10)11/h4-7H,2-3,8H2,1H3. The van der Waals surface area contributed by atoms with Crippen LogP contribution in [0.25, 0.3) is 0 Å². The number of rotatable bonds is 5. The van der Waals surface area contributed by atoms with Gasteiger partial charge < -0.3 is 4.18 Å². The molecule has 1 aromatic rings. The van der Waals surface area contributed by atoms with Gasteiger partial charge in [-0.15, -0.1) is 0 Å². The molecule has 0 amide bonds. The van der Waals surface area contributed by atoms with Gasteiger partial charge in [-0.05, 0) is 34.5 Å². The van der Waals surface area contributed by atoms with Crippen molar-refractivity contribution in [3.8, 4) is 5.75 Å². The maximum absolute atomic E-state index is 11.5. The quantitative estimate of drug-likeness (QED) is 0.784. The third-order valence-corrected chi connectivity index (χ3v) is 3.68. The molecule has 0 atom stereocenters. The summed E-state index contributed by atoms with van der Waals surface area (Å²) in [6.45, 7) is 1.94. The second kappa shape index (κ2) is 5.51. The van der Waals surface area contributed by atoms with E-state index in [0.29, 0.717) is 16.6 Å². The Balaban J connectivity index is 2.74. The second-order valence-corrected chi connectivity index (χ2v) is 5.67. The van der Waals surface area contributed by atoms with Crippen molar-refractivity contribution < 1.29 is 12.6 Å². The van der Waals surface area contributed by atoms with E-state index < -0.39 is 10.1 Å². The molecule has 3 nitrogen and oxygen atoms in total. The fourth-order valence-electron chi connectivity index (χ4n) is 1.01. The van der Waals surface area contributed by atoms with Gasteiger partial charge in [-0.1, -0.05) is 25.5 Å². The fourth-order valence-corrected chi connectivity index (χ4v) is 2.63. The molecule has 0 unspecified atom stereocenters. The molecule has 0 radical (unpaired) electrons. The van der Waals surface area contributed by atoms with Crippen LogP contribution in [0, 0.1) is 0 Å². The zero-order chi connectivity index (χ0) is 11.3. The van der Waals surface area contributed by atoms with Gasteiger partial charge in [0.25, 0.3) is 0 Å². The molecule has 0 saturated heterocycles. The Morgan fingerprint density at radius 1 is 1.33 bits per heavy atom. The predicted octanol–water partition coefficient (Wildman–Crippen LogP) is 2.96. The van der Waals surface area contributed by atoms with Gasteiger partial charge in [-0.25, -0.2) is 0 Å². The van der Waals surface area contributed by atoms with Gasteiger partial charge in [-0.2, -0.15) is 8.42 Å². The minimum atomic E-state index is -3.45. The summed E-state index contributed by atoms with van der Waals surface area (Å²) in [6.07, 6.45) is 1.45. The van der Waals surface area contributed by atoms with Gasteiger partial charge in [0, 0.05) is 0 Å². The van der Waals surface area contributed by atoms with Crippen LogP contribution < -0.4 is 4.18 Å². The van der Waals surface area contributed by atoms with Gasteiger partial charge in [-0.3, -0.25) is 0 Å². The zero-order valence-electron chi connectivity index (χ0n) is 8.44. The molecule has 1 rings (SSSR count). The summed E-state index contributed by atoms with van der Waals surface area (Å²) in [4.78, 5) is 0. The summed E-state index contributed by atoms with van der Waals surface area (Å²) in [7, 11) is -3.45. The summed E-state index contributed by atoms with van der Waals surface area (Å²) in [5, 5.41) is 0. The molecule has 0 aliphatic heterocycles. The first-order valence-corrected chi connectivity index (χ1v) is 7.09. The third kappa shape index (κ3) is 4.22. The molecule has 0 heterocycles. The lowest BCUT2D eigenvalue weighted by Gasteiger charge is -2.07. The van der Waals surface area contributed by atoms with Crippen LogP contribution in [-0.2, 0) is 10.1 Å². The summed E-state index contributed by atoms with van der Waals surface area (Å²) < 4.78 is 28.5. The maximum Gasteiger partial charge on any atom is 0.309 e. The van der Waals surface area contributed by atoms with Crippen LogP contribution >= 0.6 is 15.9 Å². The summed E-state index contributed by atoms with van der Waals surface area (Å²) in [5.74, 6) is 0.402. The largest absolute Gasteiger partial charge is 0.381 e. The highest BCUT2D eigenvalue weighted by atomic mass is 79.9. The molecule has 0 spiro atoms. The van der Waals surface area contributed by atoms with Crippen LogP contribution in [0.2, 0.25) is 0 Å². The summed E-state index contributed by atoms with van der Waals surface area (Å²) >= 11 is 3.23. The molecule has 0 N–H and O–H groups in total. The van der Waals surface area contributed by atoms with Gasteiger partial charge in [0.15, 0.2) is 5.75 Å². The minimum Gasteiger partial charge on any atom is -0.381 e. The second-order valence-electron chi connectivity index (χ2n) is 3.13. The highest BCUT2D eigenvalue weighted by Crippen LogP contribution is 2.25. The van der Waals surface area contributed by atoms with E-state index in [0.717, 1.165) is 6.42 Å². The van der Waals surface area contributed by atoms with Gasteiger partial charge in [0.2, 0.25) is 0 Å². The summed E-state index contributed by atoms with van der Waals surface area (Å²) in [6, 6.07) is 6.89. The molecule has 0 bridgehead atoms. The van der Waals surface area contributed by atoms with Crippen molar-refractivity contribution in [1.82, 2.24) is 0 Å². The van der Waals surface area contributed by atoms with Gasteiger partial charge in [0.1, 0.15) is 0 Å². The average molecular weight is 293 g/mol. The van der Waals surface area contributed by atoms with Crippen LogP contribution in [0.3, 0.4) is 0 Å². The normalized spacial score (nSPS) is 11.3. The lowest BCUT2D eigenvalue weighted by Crippen LogP contribution is -2.13. The Kier molecular flexibility index (Phi) is 4.60. The summed E-state index contributed by atoms with van der Waals surface area (Å²) in [5.41, 5.74) is 0. The Morgan fingerprint density at radius 3 is 2.60 bits per heavy atom. The number of benzene rings is 1. The van der Waals surface area contributed by atoms with E-state index in [1.54, 1.807) is 24.3 Å². The Bertz CT molecular complexity index is 414. The first-order chi connectivity index (χ1) is 7.05. The van der Waals surface area contributed by atoms with Crippen molar-refractivity contribution in [3.05, 3.63) is 28.7 Å². The third-order valence-electron chi connectivity index (χ3n) is 1.80. The maximum atomic E-state index is 11.5. The molecular formula is C10H13BrO3S. The van der Waals surface area contributed by atoms with Crippen molar-refractivity contribution in [2.24, 2.45) is 0 Å². The molecule has 5 heteroatoms. The van der Waals surface area contributed by atoms with E-state index in [1.165, 1.54) is 0 Å². The zero-order valence-corrected chi connectivity index (χ0v) is 10.8. The van der Waals surface area contributed by atoms with Gasteiger partial charge in [0.05, 0.1) is 10.2 Å². The molecule has 0 aliphatic carbocycles. The number of para-hydroxylation sites is 1. The van der Waals surface area contributed by atoms with Crippen LogP contribution in [0.4, 0.5) is 0 Å². The molecule has 0 aliphatic rings. The van der Waals surface area contributed by atoms with Crippen molar-refractivity contribution in [2.45, 2.75) is 19.8 Å².